The lowest BCUT2D eigenvalue weighted by Gasteiger charge is -2.28. The quantitative estimate of drug-likeness (QED) is 0.646. The Kier molecular flexibility index (Phi) is 5.58. The number of hydrogen-bond donors (Lipinski definition) is 0. The second-order valence-electron chi connectivity index (χ2n) is 5.68. The first-order valence-electron chi connectivity index (χ1n) is 7.10. The van der Waals surface area contributed by atoms with Crippen LogP contribution in [0.4, 0.5) is 0 Å². The molecule has 0 radical (unpaired) electrons. The van der Waals surface area contributed by atoms with Gasteiger partial charge in [0.1, 0.15) is 6.29 Å². The molecule has 1 aromatic rings. The average Bonchev–Trinajstić information content (AvgIpc) is 2.39. The summed E-state index contributed by atoms with van der Waals surface area (Å²) >= 11 is 0. The van der Waals surface area contributed by atoms with Gasteiger partial charge in [0.2, 0.25) is 0 Å². The van der Waals surface area contributed by atoms with Crippen molar-refractivity contribution in [1.82, 2.24) is 0 Å². The number of benzene rings is 1. The molecular weight excluding hydrogens is 220 g/mol. The summed E-state index contributed by atoms with van der Waals surface area (Å²) in [6, 6.07) is 8.84. The van der Waals surface area contributed by atoms with Crippen LogP contribution in [0.25, 0.3) is 0 Å². The number of carbonyl (C=O) groups is 1. The van der Waals surface area contributed by atoms with Gasteiger partial charge in [0.05, 0.1) is 0 Å². The van der Waals surface area contributed by atoms with Gasteiger partial charge in [-0.15, -0.1) is 0 Å². The highest BCUT2D eigenvalue weighted by Gasteiger charge is 2.23. The van der Waals surface area contributed by atoms with Crippen LogP contribution in [0.2, 0.25) is 0 Å². The summed E-state index contributed by atoms with van der Waals surface area (Å²) in [5, 5.41) is 0. The number of aldehydes is 1. The summed E-state index contributed by atoms with van der Waals surface area (Å²) in [7, 11) is 0. The molecule has 18 heavy (non-hydrogen) atoms. The van der Waals surface area contributed by atoms with Crippen LogP contribution in [0.1, 0.15) is 58.1 Å². The van der Waals surface area contributed by atoms with Crippen molar-refractivity contribution < 1.29 is 4.79 Å². The summed E-state index contributed by atoms with van der Waals surface area (Å²) < 4.78 is 0. The van der Waals surface area contributed by atoms with Gasteiger partial charge < -0.3 is 4.79 Å². The first-order valence-corrected chi connectivity index (χ1v) is 7.10. The van der Waals surface area contributed by atoms with Gasteiger partial charge >= 0.3 is 0 Å². The lowest BCUT2D eigenvalue weighted by Crippen LogP contribution is -2.20. The van der Waals surface area contributed by atoms with Crippen LogP contribution in [0.5, 0.6) is 0 Å². The Bertz CT molecular complexity index is 366. The first-order chi connectivity index (χ1) is 8.55. The van der Waals surface area contributed by atoms with E-state index in [1.807, 2.05) is 6.92 Å². The Morgan fingerprint density at radius 2 is 1.83 bits per heavy atom. The zero-order chi connectivity index (χ0) is 13.6. The van der Waals surface area contributed by atoms with Crippen LogP contribution >= 0.6 is 0 Å². The van der Waals surface area contributed by atoms with Crippen LogP contribution < -0.4 is 0 Å². The van der Waals surface area contributed by atoms with Crippen molar-refractivity contribution in [2.75, 3.05) is 0 Å². The number of rotatable bonds is 7. The molecule has 2 unspecified atom stereocenters. The zero-order valence-corrected chi connectivity index (χ0v) is 12.2. The smallest absolute Gasteiger partial charge is 0.123 e. The molecule has 0 aliphatic heterocycles. The highest BCUT2D eigenvalue weighted by molar-refractivity contribution is 5.53. The Balaban J connectivity index is 2.84. The van der Waals surface area contributed by atoms with Gasteiger partial charge in [-0.3, -0.25) is 0 Å². The van der Waals surface area contributed by atoms with E-state index in [1.165, 1.54) is 30.4 Å². The van der Waals surface area contributed by atoms with E-state index in [1.54, 1.807) is 0 Å². The monoisotopic (exact) mass is 246 g/mol. The fraction of sp³-hybridized carbons (Fsp3) is 0.588. The molecule has 0 saturated heterocycles. The van der Waals surface area contributed by atoms with Crippen LogP contribution in [0.15, 0.2) is 24.3 Å². The fourth-order valence-corrected chi connectivity index (χ4v) is 2.54. The van der Waals surface area contributed by atoms with Gasteiger partial charge in [0.25, 0.3) is 0 Å². The molecule has 0 heterocycles. The summed E-state index contributed by atoms with van der Waals surface area (Å²) in [4.78, 5) is 10.7. The Hall–Kier alpha value is -1.11. The molecular formula is C17H26O. The lowest BCUT2D eigenvalue weighted by atomic mass is 9.76. The van der Waals surface area contributed by atoms with Crippen LogP contribution in [-0.2, 0) is 16.6 Å². The first kappa shape index (κ1) is 14.9. The van der Waals surface area contributed by atoms with Crippen molar-refractivity contribution in [3.05, 3.63) is 35.4 Å². The molecule has 0 aliphatic rings. The van der Waals surface area contributed by atoms with Gasteiger partial charge in [-0.25, -0.2) is 0 Å². The normalized spacial score (nSPS) is 16.0. The van der Waals surface area contributed by atoms with E-state index in [2.05, 4.69) is 45.0 Å². The predicted octanol–water partition coefficient (Wildman–Crippen LogP) is 4.53. The molecule has 0 saturated carbocycles. The highest BCUT2D eigenvalue weighted by Crippen LogP contribution is 2.32. The minimum Gasteiger partial charge on any atom is -0.303 e. The summed E-state index contributed by atoms with van der Waals surface area (Å²) in [5.41, 5.74) is 2.98. The largest absolute Gasteiger partial charge is 0.303 e. The standard InChI is InChI=1S/C17H26O/c1-5-11-17(4,6-2)16-9-7-15(8-10-16)12-14(3)13-18/h7-10,13-14H,5-6,11-12H2,1-4H3. The molecule has 100 valence electrons. The topological polar surface area (TPSA) is 17.1 Å². The van der Waals surface area contributed by atoms with Crippen LogP contribution in [-0.4, -0.2) is 6.29 Å². The third-order valence-corrected chi connectivity index (χ3v) is 4.02. The van der Waals surface area contributed by atoms with Crippen molar-refractivity contribution in [2.45, 2.75) is 58.8 Å². The van der Waals surface area contributed by atoms with Crippen molar-refractivity contribution in [3.8, 4) is 0 Å². The lowest BCUT2D eigenvalue weighted by molar-refractivity contribution is -0.110. The molecule has 0 N–H and O–H groups in total. The van der Waals surface area contributed by atoms with Crippen molar-refractivity contribution >= 4 is 6.29 Å². The molecule has 2 atom stereocenters. The molecule has 1 rings (SSSR count). The minimum atomic E-state index is 0.115. The molecule has 0 aliphatic carbocycles. The average molecular weight is 246 g/mol. The molecule has 0 aromatic heterocycles. The van der Waals surface area contributed by atoms with E-state index < -0.39 is 0 Å². The Labute approximate surface area is 112 Å². The van der Waals surface area contributed by atoms with E-state index in [4.69, 9.17) is 0 Å². The SMILES string of the molecule is CCCC(C)(CC)c1ccc(CC(C)C=O)cc1. The molecule has 1 aromatic carbocycles. The molecule has 1 heteroatoms. The number of hydrogen-bond acceptors (Lipinski definition) is 1. The van der Waals surface area contributed by atoms with Crippen LogP contribution in [0.3, 0.4) is 0 Å². The maximum Gasteiger partial charge on any atom is 0.123 e. The Morgan fingerprint density at radius 1 is 1.22 bits per heavy atom. The zero-order valence-electron chi connectivity index (χ0n) is 12.2. The van der Waals surface area contributed by atoms with E-state index in [9.17, 15) is 4.79 Å². The molecule has 1 nitrogen and oxygen atoms in total. The maximum absolute atomic E-state index is 10.7. The third kappa shape index (κ3) is 3.69. The van der Waals surface area contributed by atoms with Crippen molar-refractivity contribution in [1.29, 1.82) is 0 Å². The van der Waals surface area contributed by atoms with Crippen LogP contribution in [0, 0.1) is 5.92 Å². The predicted molar refractivity (Wildman–Crippen MR) is 77.9 cm³/mol. The van der Waals surface area contributed by atoms with Crippen molar-refractivity contribution in [2.24, 2.45) is 5.92 Å². The third-order valence-electron chi connectivity index (χ3n) is 4.02. The summed E-state index contributed by atoms with van der Waals surface area (Å²) in [6.45, 7) is 8.82. The minimum absolute atomic E-state index is 0.115. The van der Waals surface area contributed by atoms with Gasteiger partial charge in [0.15, 0.2) is 0 Å². The highest BCUT2D eigenvalue weighted by atomic mass is 16.1. The second-order valence-corrected chi connectivity index (χ2v) is 5.68. The van der Waals surface area contributed by atoms with Gasteiger partial charge in [-0.2, -0.15) is 0 Å². The van der Waals surface area contributed by atoms with E-state index in [0.717, 1.165) is 12.7 Å². The maximum atomic E-state index is 10.7. The summed E-state index contributed by atoms with van der Waals surface area (Å²) in [6.07, 6.45) is 5.49. The van der Waals surface area contributed by atoms with Crippen molar-refractivity contribution in [3.63, 3.8) is 0 Å². The van der Waals surface area contributed by atoms with E-state index in [-0.39, 0.29) is 5.92 Å². The van der Waals surface area contributed by atoms with Gasteiger partial charge in [-0.1, -0.05) is 58.4 Å². The molecule has 0 bridgehead atoms. The summed E-state index contributed by atoms with van der Waals surface area (Å²) in [5.74, 6) is 0.115. The number of carbonyl (C=O) groups excluding carboxylic acids is 1. The molecule has 0 spiro atoms. The van der Waals surface area contributed by atoms with E-state index >= 15 is 0 Å². The molecule has 0 amide bonds. The fourth-order valence-electron chi connectivity index (χ4n) is 2.54. The van der Waals surface area contributed by atoms with Gasteiger partial charge in [0, 0.05) is 5.92 Å². The van der Waals surface area contributed by atoms with Gasteiger partial charge in [-0.05, 0) is 35.8 Å². The Morgan fingerprint density at radius 3 is 2.28 bits per heavy atom. The molecule has 0 fully saturated rings. The second kappa shape index (κ2) is 6.72. The van der Waals surface area contributed by atoms with E-state index in [0.29, 0.717) is 5.41 Å².